The summed E-state index contributed by atoms with van der Waals surface area (Å²) in [7, 11) is -3.69. The van der Waals surface area contributed by atoms with E-state index in [4.69, 9.17) is 0 Å². The van der Waals surface area contributed by atoms with Gasteiger partial charge in [-0.1, -0.05) is 50.2 Å². The van der Waals surface area contributed by atoms with Crippen LogP contribution >= 0.6 is 0 Å². The standard InChI is InChI=1S/C24H27N3O2S/c1-3-26(4-2)16-17-27-15-14-20-18-21(12-13-23(20)27)25-30(28,29)24-11-7-9-19-8-5-6-10-22(19)24/h5-15,18,25H,3-4,16-17H2,1-2H3. The number of hydrogen-bond acceptors (Lipinski definition) is 3. The predicted octanol–water partition coefficient (Wildman–Crippen LogP) is 4.94. The smallest absolute Gasteiger partial charge is 0.262 e. The highest BCUT2D eigenvalue weighted by Gasteiger charge is 2.17. The lowest BCUT2D eigenvalue weighted by atomic mass is 10.1. The van der Waals surface area contributed by atoms with E-state index in [1.807, 2.05) is 54.6 Å². The van der Waals surface area contributed by atoms with Crippen LogP contribution in [-0.2, 0) is 16.6 Å². The molecule has 1 N–H and O–H groups in total. The fourth-order valence-corrected chi connectivity index (χ4v) is 5.17. The maximum absolute atomic E-state index is 13.1. The lowest BCUT2D eigenvalue weighted by molar-refractivity contribution is 0.292. The number of aromatic nitrogens is 1. The molecule has 0 bridgehead atoms. The highest BCUT2D eigenvalue weighted by atomic mass is 32.2. The Bertz CT molecular complexity index is 1270. The van der Waals surface area contributed by atoms with Gasteiger partial charge in [-0.05, 0) is 48.8 Å². The van der Waals surface area contributed by atoms with Crippen molar-refractivity contribution < 1.29 is 8.42 Å². The minimum absolute atomic E-state index is 0.289. The van der Waals surface area contributed by atoms with Gasteiger partial charge in [-0.3, -0.25) is 4.72 Å². The Hall–Kier alpha value is -2.83. The summed E-state index contributed by atoms with van der Waals surface area (Å²) in [5.41, 5.74) is 1.67. The second-order valence-corrected chi connectivity index (χ2v) is 9.04. The summed E-state index contributed by atoms with van der Waals surface area (Å²) in [5, 5.41) is 2.64. The van der Waals surface area contributed by atoms with Gasteiger partial charge in [0.25, 0.3) is 10.0 Å². The molecule has 4 aromatic rings. The third-order valence-electron chi connectivity index (χ3n) is 5.61. The molecule has 0 atom stereocenters. The van der Waals surface area contributed by atoms with Crippen molar-refractivity contribution in [3.05, 3.63) is 72.9 Å². The molecule has 1 heterocycles. The molecule has 0 spiro atoms. The summed E-state index contributed by atoms with van der Waals surface area (Å²) in [6.45, 7) is 8.32. The first-order valence-corrected chi connectivity index (χ1v) is 11.8. The van der Waals surface area contributed by atoms with Crippen LogP contribution in [0.15, 0.2) is 77.8 Å². The number of nitrogens with one attached hydrogen (secondary N) is 1. The van der Waals surface area contributed by atoms with E-state index in [1.54, 1.807) is 12.1 Å². The fourth-order valence-electron chi connectivity index (χ4n) is 3.89. The number of likely N-dealkylation sites (N-methyl/N-ethyl adjacent to an activating group) is 1. The molecule has 30 heavy (non-hydrogen) atoms. The summed E-state index contributed by atoms with van der Waals surface area (Å²) >= 11 is 0. The second kappa shape index (κ2) is 8.50. The normalized spacial score (nSPS) is 12.1. The number of hydrogen-bond donors (Lipinski definition) is 1. The lowest BCUT2D eigenvalue weighted by Gasteiger charge is -2.18. The van der Waals surface area contributed by atoms with E-state index in [9.17, 15) is 8.42 Å². The van der Waals surface area contributed by atoms with Crippen LogP contribution in [0.25, 0.3) is 21.7 Å². The molecule has 156 valence electrons. The average molecular weight is 422 g/mol. The van der Waals surface area contributed by atoms with Crippen molar-refractivity contribution in [1.82, 2.24) is 9.47 Å². The molecule has 0 saturated heterocycles. The number of rotatable bonds is 8. The van der Waals surface area contributed by atoms with Crippen LogP contribution in [0.1, 0.15) is 13.8 Å². The Balaban J connectivity index is 1.59. The van der Waals surface area contributed by atoms with Gasteiger partial charge in [0, 0.05) is 41.3 Å². The van der Waals surface area contributed by atoms with Crippen molar-refractivity contribution in [3.8, 4) is 0 Å². The molecule has 0 fully saturated rings. The highest BCUT2D eigenvalue weighted by Crippen LogP contribution is 2.27. The first-order chi connectivity index (χ1) is 14.5. The van der Waals surface area contributed by atoms with Gasteiger partial charge in [-0.2, -0.15) is 0 Å². The van der Waals surface area contributed by atoms with E-state index < -0.39 is 10.0 Å². The summed E-state index contributed by atoms with van der Waals surface area (Å²) in [6.07, 6.45) is 2.07. The highest BCUT2D eigenvalue weighted by molar-refractivity contribution is 7.93. The zero-order chi connectivity index (χ0) is 21.1. The Morgan fingerprint density at radius 1 is 0.900 bits per heavy atom. The lowest BCUT2D eigenvalue weighted by Crippen LogP contribution is -2.26. The van der Waals surface area contributed by atoms with Crippen LogP contribution in [0.5, 0.6) is 0 Å². The molecule has 0 aliphatic heterocycles. The second-order valence-electron chi connectivity index (χ2n) is 7.39. The molecule has 0 amide bonds. The van der Waals surface area contributed by atoms with E-state index in [0.29, 0.717) is 5.69 Å². The van der Waals surface area contributed by atoms with Crippen molar-refractivity contribution >= 4 is 37.4 Å². The summed E-state index contributed by atoms with van der Waals surface area (Å²) in [4.78, 5) is 2.68. The molecule has 0 saturated carbocycles. The molecule has 3 aromatic carbocycles. The van der Waals surface area contributed by atoms with Gasteiger partial charge in [0.15, 0.2) is 0 Å². The zero-order valence-corrected chi connectivity index (χ0v) is 18.2. The Kier molecular flexibility index (Phi) is 5.79. The van der Waals surface area contributed by atoms with Crippen molar-refractivity contribution in [2.24, 2.45) is 0 Å². The first kappa shape index (κ1) is 20.4. The summed E-state index contributed by atoms with van der Waals surface area (Å²) in [6, 6.07) is 20.6. The number of benzene rings is 3. The topological polar surface area (TPSA) is 54.3 Å². The maximum atomic E-state index is 13.1. The quantitative estimate of drug-likeness (QED) is 0.439. The number of nitrogens with zero attached hydrogens (tertiary/aromatic N) is 2. The molecule has 0 aliphatic carbocycles. The Morgan fingerprint density at radius 3 is 2.47 bits per heavy atom. The minimum atomic E-state index is -3.69. The third kappa shape index (κ3) is 4.06. The average Bonchev–Trinajstić information content (AvgIpc) is 3.16. The van der Waals surface area contributed by atoms with E-state index in [-0.39, 0.29) is 4.90 Å². The molecular weight excluding hydrogens is 394 g/mol. The molecule has 0 unspecified atom stereocenters. The van der Waals surface area contributed by atoms with Gasteiger partial charge in [0.2, 0.25) is 0 Å². The molecule has 1 aromatic heterocycles. The monoisotopic (exact) mass is 421 g/mol. The Morgan fingerprint density at radius 2 is 1.67 bits per heavy atom. The van der Waals surface area contributed by atoms with E-state index >= 15 is 0 Å². The number of fused-ring (bicyclic) bond motifs is 2. The van der Waals surface area contributed by atoms with E-state index in [2.05, 4.69) is 34.2 Å². The van der Waals surface area contributed by atoms with Gasteiger partial charge in [-0.15, -0.1) is 0 Å². The van der Waals surface area contributed by atoms with Crippen molar-refractivity contribution in [3.63, 3.8) is 0 Å². The van der Waals surface area contributed by atoms with Gasteiger partial charge in [0.05, 0.1) is 4.90 Å². The molecule has 6 heteroatoms. The van der Waals surface area contributed by atoms with E-state index in [0.717, 1.165) is 47.9 Å². The number of sulfonamides is 1. The van der Waals surface area contributed by atoms with Crippen LogP contribution in [-0.4, -0.2) is 37.5 Å². The zero-order valence-electron chi connectivity index (χ0n) is 17.4. The van der Waals surface area contributed by atoms with Crippen molar-refractivity contribution in [2.45, 2.75) is 25.3 Å². The molecule has 4 rings (SSSR count). The molecule has 5 nitrogen and oxygen atoms in total. The van der Waals surface area contributed by atoms with Gasteiger partial charge >= 0.3 is 0 Å². The van der Waals surface area contributed by atoms with Crippen LogP contribution in [0.4, 0.5) is 5.69 Å². The van der Waals surface area contributed by atoms with Gasteiger partial charge < -0.3 is 9.47 Å². The van der Waals surface area contributed by atoms with Crippen LogP contribution in [0, 0.1) is 0 Å². The fraction of sp³-hybridized carbons (Fsp3) is 0.250. The van der Waals surface area contributed by atoms with Crippen LogP contribution in [0.2, 0.25) is 0 Å². The maximum Gasteiger partial charge on any atom is 0.262 e. The summed E-state index contributed by atoms with van der Waals surface area (Å²) in [5.74, 6) is 0. The van der Waals surface area contributed by atoms with E-state index in [1.165, 1.54) is 0 Å². The molecule has 0 aliphatic rings. The summed E-state index contributed by atoms with van der Waals surface area (Å²) < 4.78 is 31.1. The molecular formula is C24H27N3O2S. The SMILES string of the molecule is CCN(CC)CCn1ccc2cc(NS(=O)(=O)c3cccc4ccccc34)ccc21. The number of anilines is 1. The molecule has 0 radical (unpaired) electrons. The third-order valence-corrected chi connectivity index (χ3v) is 7.05. The van der Waals surface area contributed by atoms with Crippen molar-refractivity contribution in [1.29, 1.82) is 0 Å². The largest absolute Gasteiger partial charge is 0.346 e. The van der Waals surface area contributed by atoms with Gasteiger partial charge in [0.1, 0.15) is 0 Å². The van der Waals surface area contributed by atoms with Crippen LogP contribution in [0.3, 0.4) is 0 Å². The Labute approximate surface area is 178 Å². The van der Waals surface area contributed by atoms with Crippen LogP contribution < -0.4 is 4.72 Å². The minimum Gasteiger partial charge on any atom is -0.346 e. The predicted molar refractivity (Wildman–Crippen MR) is 124 cm³/mol. The van der Waals surface area contributed by atoms with Crippen molar-refractivity contribution in [2.75, 3.05) is 24.4 Å². The van der Waals surface area contributed by atoms with Gasteiger partial charge in [-0.25, -0.2) is 8.42 Å². The first-order valence-electron chi connectivity index (χ1n) is 10.3.